The van der Waals surface area contributed by atoms with Crippen LogP contribution in [-0.4, -0.2) is 43.2 Å². The zero-order valence-electron chi connectivity index (χ0n) is 8.05. The van der Waals surface area contributed by atoms with Gasteiger partial charge in [-0.15, -0.1) is 0 Å². The zero-order valence-corrected chi connectivity index (χ0v) is 8.05. The molecule has 0 aromatic carbocycles. The third-order valence-corrected chi connectivity index (χ3v) is 3.03. The number of urea groups is 1. The fourth-order valence-electron chi connectivity index (χ4n) is 2.35. The van der Waals surface area contributed by atoms with Crippen LogP contribution in [0.2, 0.25) is 0 Å². The van der Waals surface area contributed by atoms with Gasteiger partial charge >= 0.3 is 6.03 Å². The highest BCUT2D eigenvalue weighted by molar-refractivity contribution is 5.75. The van der Waals surface area contributed by atoms with E-state index in [4.69, 9.17) is 0 Å². The molecule has 2 amide bonds. The number of rotatable bonds is 1. The summed E-state index contributed by atoms with van der Waals surface area (Å²) in [4.78, 5) is 13.6. The van der Waals surface area contributed by atoms with Crippen molar-refractivity contribution < 1.29 is 4.79 Å². The second kappa shape index (κ2) is 3.54. The van der Waals surface area contributed by atoms with Crippen LogP contribution < -0.4 is 10.6 Å². The fourth-order valence-corrected chi connectivity index (χ4v) is 2.35. The Morgan fingerprint density at radius 2 is 2.46 bits per heavy atom. The molecule has 0 bridgehead atoms. The van der Waals surface area contributed by atoms with E-state index in [2.05, 4.69) is 10.6 Å². The van der Waals surface area contributed by atoms with E-state index < -0.39 is 0 Å². The lowest BCUT2D eigenvalue weighted by molar-refractivity contribution is 0.193. The Balaban J connectivity index is 1.96. The lowest BCUT2D eigenvalue weighted by atomic mass is 10.1. The normalized spacial score (nSPS) is 31.9. The van der Waals surface area contributed by atoms with Crippen molar-refractivity contribution in [3.05, 3.63) is 0 Å². The molecule has 2 unspecified atom stereocenters. The van der Waals surface area contributed by atoms with Gasteiger partial charge in [0, 0.05) is 32.2 Å². The molecule has 0 spiro atoms. The van der Waals surface area contributed by atoms with Gasteiger partial charge in [-0.3, -0.25) is 0 Å². The molecule has 2 fully saturated rings. The van der Waals surface area contributed by atoms with E-state index in [1.807, 2.05) is 11.8 Å². The quantitative estimate of drug-likeness (QED) is 0.601. The van der Waals surface area contributed by atoms with E-state index in [0.717, 1.165) is 32.6 Å². The molecule has 0 aromatic rings. The maximum atomic E-state index is 11.6. The molecule has 2 saturated heterocycles. The molecule has 2 atom stereocenters. The average molecular weight is 183 g/mol. The summed E-state index contributed by atoms with van der Waals surface area (Å²) in [6.45, 7) is 5.67. The van der Waals surface area contributed by atoms with E-state index in [1.54, 1.807) is 0 Å². The molecular formula is C9H17N3O. The third-order valence-electron chi connectivity index (χ3n) is 3.03. The van der Waals surface area contributed by atoms with Crippen LogP contribution in [0, 0.1) is 5.92 Å². The van der Waals surface area contributed by atoms with Crippen LogP contribution in [0.15, 0.2) is 0 Å². The first-order chi connectivity index (χ1) is 6.33. The van der Waals surface area contributed by atoms with Gasteiger partial charge in [0.15, 0.2) is 0 Å². The van der Waals surface area contributed by atoms with E-state index in [-0.39, 0.29) is 6.03 Å². The van der Waals surface area contributed by atoms with Crippen molar-refractivity contribution in [2.24, 2.45) is 5.92 Å². The summed E-state index contributed by atoms with van der Waals surface area (Å²) < 4.78 is 0. The number of nitrogens with one attached hydrogen (secondary N) is 2. The van der Waals surface area contributed by atoms with Gasteiger partial charge < -0.3 is 15.5 Å². The van der Waals surface area contributed by atoms with Crippen molar-refractivity contribution in [1.29, 1.82) is 0 Å². The lowest BCUT2D eigenvalue weighted by Gasteiger charge is -2.23. The Morgan fingerprint density at radius 1 is 1.62 bits per heavy atom. The Hall–Kier alpha value is -0.770. The molecule has 0 radical (unpaired) electrons. The van der Waals surface area contributed by atoms with Crippen LogP contribution in [0.3, 0.4) is 0 Å². The predicted molar refractivity (Wildman–Crippen MR) is 50.5 cm³/mol. The molecule has 74 valence electrons. The summed E-state index contributed by atoms with van der Waals surface area (Å²) in [5.74, 6) is 0.697. The fraction of sp³-hybridized carbons (Fsp3) is 0.889. The SMILES string of the molecule is CCNC(=O)N1CCC2CNCC21. The van der Waals surface area contributed by atoms with Gasteiger partial charge in [0.05, 0.1) is 0 Å². The van der Waals surface area contributed by atoms with Gasteiger partial charge in [-0.1, -0.05) is 0 Å². The minimum absolute atomic E-state index is 0.110. The number of nitrogens with zero attached hydrogens (tertiary/aromatic N) is 1. The molecule has 2 rings (SSSR count). The van der Waals surface area contributed by atoms with Crippen LogP contribution in [0.1, 0.15) is 13.3 Å². The summed E-state index contributed by atoms with van der Waals surface area (Å²) in [5.41, 5.74) is 0. The first-order valence-corrected chi connectivity index (χ1v) is 5.08. The molecule has 4 nitrogen and oxygen atoms in total. The summed E-state index contributed by atoms with van der Waals surface area (Å²) in [6, 6.07) is 0.560. The highest BCUT2D eigenvalue weighted by Gasteiger charge is 2.39. The van der Waals surface area contributed by atoms with Crippen LogP contribution in [0.5, 0.6) is 0 Å². The number of carbonyl (C=O) groups excluding carboxylic acids is 1. The summed E-state index contributed by atoms with van der Waals surface area (Å²) in [7, 11) is 0. The van der Waals surface area contributed by atoms with Crippen LogP contribution in [0.4, 0.5) is 4.79 Å². The van der Waals surface area contributed by atoms with Gasteiger partial charge in [-0.25, -0.2) is 4.79 Å². The highest BCUT2D eigenvalue weighted by atomic mass is 16.2. The number of likely N-dealkylation sites (tertiary alicyclic amines) is 1. The Morgan fingerprint density at radius 3 is 3.23 bits per heavy atom. The molecule has 2 heterocycles. The van der Waals surface area contributed by atoms with Crippen molar-refractivity contribution in [3.63, 3.8) is 0 Å². The van der Waals surface area contributed by atoms with Crippen molar-refractivity contribution in [2.45, 2.75) is 19.4 Å². The van der Waals surface area contributed by atoms with Crippen molar-refractivity contribution >= 4 is 6.03 Å². The molecule has 0 aliphatic carbocycles. The average Bonchev–Trinajstić information content (AvgIpc) is 2.62. The maximum absolute atomic E-state index is 11.6. The predicted octanol–water partition coefficient (Wildman–Crippen LogP) is 0.00960. The Bertz CT molecular complexity index is 207. The first-order valence-electron chi connectivity index (χ1n) is 5.08. The zero-order chi connectivity index (χ0) is 9.26. The minimum atomic E-state index is 0.110. The smallest absolute Gasteiger partial charge is 0.317 e. The third kappa shape index (κ3) is 1.50. The van der Waals surface area contributed by atoms with Gasteiger partial charge in [-0.05, 0) is 19.3 Å². The van der Waals surface area contributed by atoms with Crippen molar-refractivity contribution in [1.82, 2.24) is 15.5 Å². The summed E-state index contributed by atoms with van der Waals surface area (Å²) >= 11 is 0. The van der Waals surface area contributed by atoms with Crippen LogP contribution in [0.25, 0.3) is 0 Å². The number of hydrogen-bond acceptors (Lipinski definition) is 2. The van der Waals surface area contributed by atoms with Crippen LogP contribution in [-0.2, 0) is 0 Å². The Labute approximate surface area is 78.7 Å². The van der Waals surface area contributed by atoms with Gasteiger partial charge in [0.1, 0.15) is 0 Å². The molecule has 2 aliphatic heterocycles. The molecule has 0 saturated carbocycles. The van der Waals surface area contributed by atoms with Crippen molar-refractivity contribution in [2.75, 3.05) is 26.2 Å². The second-order valence-electron chi connectivity index (χ2n) is 3.80. The van der Waals surface area contributed by atoms with E-state index in [9.17, 15) is 4.79 Å². The molecule has 0 aromatic heterocycles. The topological polar surface area (TPSA) is 44.4 Å². The maximum Gasteiger partial charge on any atom is 0.317 e. The standard InChI is InChI=1S/C9H17N3O/c1-2-11-9(13)12-4-3-7-5-10-6-8(7)12/h7-8,10H,2-6H2,1H3,(H,11,13). The summed E-state index contributed by atoms with van der Waals surface area (Å²) in [6.07, 6.45) is 1.16. The molecule has 2 aliphatic rings. The van der Waals surface area contributed by atoms with Gasteiger partial charge in [0.25, 0.3) is 0 Å². The molecular weight excluding hydrogens is 166 g/mol. The van der Waals surface area contributed by atoms with E-state index >= 15 is 0 Å². The lowest BCUT2D eigenvalue weighted by Crippen LogP contribution is -2.44. The second-order valence-corrected chi connectivity index (χ2v) is 3.80. The molecule has 4 heteroatoms. The van der Waals surface area contributed by atoms with E-state index in [0.29, 0.717) is 12.0 Å². The number of amides is 2. The van der Waals surface area contributed by atoms with Gasteiger partial charge in [-0.2, -0.15) is 0 Å². The number of carbonyl (C=O) groups is 1. The summed E-state index contributed by atoms with van der Waals surface area (Å²) in [5, 5.41) is 6.19. The van der Waals surface area contributed by atoms with E-state index in [1.165, 1.54) is 0 Å². The van der Waals surface area contributed by atoms with Crippen molar-refractivity contribution in [3.8, 4) is 0 Å². The number of fused-ring (bicyclic) bond motifs is 1. The highest BCUT2D eigenvalue weighted by Crippen LogP contribution is 2.26. The van der Waals surface area contributed by atoms with Crippen LogP contribution >= 0.6 is 0 Å². The first kappa shape index (κ1) is 8.81. The Kier molecular flexibility index (Phi) is 2.40. The van der Waals surface area contributed by atoms with Gasteiger partial charge in [0.2, 0.25) is 0 Å². The number of hydrogen-bond donors (Lipinski definition) is 2. The molecule has 13 heavy (non-hydrogen) atoms. The largest absolute Gasteiger partial charge is 0.338 e. The molecule has 2 N–H and O–H groups in total. The monoisotopic (exact) mass is 183 g/mol. The minimum Gasteiger partial charge on any atom is -0.338 e.